The van der Waals surface area contributed by atoms with Crippen molar-refractivity contribution in [1.29, 1.82) is 0 Å². The van der Waals surface area contributed by atoms with Gasteiger partial charge < -0.3 is 19.9 Å². The van der Waals surface area contributed by atoms with E-state index in [0.717, 1.165) is 29.6 Å². The van der Waals surface area contributed by atoms with Crippen molar-refractivity contribution in [2.24, 2.45) is 11.8 Å². The summed E-state index contributed by atoms with van der Waals surface area (Å²) in [6.45, 7) is 5.57. The van der Waals surface area contributed by atoms with E-state index < -0.39 is 0 Å². The molecule has 5 heteroatoms. The van der Waals surface area contributed by atoms with Crippen LogP contribution in [0.25, 0.3) is 0 Å². The van der Waals surface area contributed by atoms with Crippen LogP contribution in [0.3, 0.4) is 0 Å². The molecule has 2 aliphatic heterocycles. The molecular formula is C31H41N3O2. The van der Waals surface area contributed by atoms with Crippen LogP contribution in [0, 0.1) is 11.8 Å². The van der Waals surface area contributed by atoms with Crippen LogP contribution in [0.4, 0.5) is 11.4 Å². The topological polar surface area (TPSA) is 44.8 Å². The number of carbonyl (C=O) groups is 1. The first-order valence-corrected chi connectivity index (χ1v) is 14.3. The molecule has 0 spiro atoms. The second kappa shape index (κ2) is 10.9. The SMILES string of the molecule is O=C(Nc1ccc(N2CC[C@@H]3CN(CC4CCCCC4)C[C@@H]32)cc1)c1ccc(COC2CCC2)cc1. The van der Waals surface area contributed by atoms with Crippen molar-refractivity contribution in [1.82, 2.24) is 4.90 Å². The van der Waals surface area contributed by atoms with E-state index in [9.17, 15) is 4.79 Å². The maximum Gasteiger partial charge on any atom is 0.255 e. The van der Waals surface area contributed by atoms with Crippen LogP contribution in [0.2, 0.25) is 0 Å². The van der Waals surface area contributed by atoms with Crippen LogP contribution in [0.5, 0.6) is 0 Å². The number of hydrogen-bond acceptors (Lipinski definition) is 4. The van der Waals surface area contributed by atoms with Gasteiger partial charge in [0.1, 0.15) is 0 Å². The van der Waals surface area contributed by atoms with E-state index in [1.54, 1.807) is 0 Å². The zero-order valence-corrected chi connectivity index (χ0v) is 21.5. The third-order valence-corrected chi connectivity index (χ3v) is 9.08. The number of nitrogens with zero attached hydrogens (tertiary/aromatic N) is 2. The molecule has 0 bridgehead atoms. The second-order valence-electron chi connectivity index (χ2n) is 11.6. The third-order valence-electron chi connectivity index (χ3n) is 9.08. The molecule has 4 fully saturated rings. The fourth-order valence-electron chi connectivity index (χ4n) is 6.70. The van der Waals surface area contributed by atoms with Gasteiger partial charge in [-0.3, -0.25) is 4.79 Å². The Morgan fingerprint density at radius 3 is 2.36 bits per heavy atom. The molecular weight excluding hydrogens is 446 g/mol. The maximum absolute atomic E-state index is 12.8. The zero-order chi connectivity index (χ0) is 24.3. The Hall–Kier alpha value is -2.37. The molecule has 0 radical (unpaired) electrons. The van der Waals surface area contributed by atoms with Gasteiger partial charge in [0.2, 0.25) is 0 Å². The first-order chi connectivity index (χ1) is 17.7. The minimum atomic E-state index is -0.0652. The molecule has 1 N–H and O–H groups in total. The van der Waals surface area contributed by atoms with E-state index >= 15 is 0 Å². The van der Waals surface area contributed by atoms with Crippen LogP contribution in [0.15, 0.2) is 48.5 Å². The van der Waals surface area contributed by atoms with Crippen molar-refractivity contribution in [2.75, 3.05) is 36.4 Å². The molecule has 0 unspecified atom stereocenters. The number of benzene rings is 2. The lowest BCUT2D eigenvalue weighted by atomic mass is 9.89. The Morgan fingerprint density at radius 1 is 0.861 bits per heavy atom. The van der Waals surface area contributed by atoms with Crippen LogP contribution < -0.4 is 10.2 Å². The number of ether oxygens (including phenoxy) is 1. The summed E-state index contributed by atoms with van der Waals surface area (Å²) in [7, 11) is 0. The molecule has 2 aromatic carbocycles. The highest BCUT2D eigenvalue weighted by Gasteiger charge is 2.41. The van der Waals surface area contributed by atoms with Gasteiger partial charge >= 0.3 is 0 Å². The highest BCUT2D eigenvalue weighted by molar-refractivity contribution is 6.04. The molecule has 2 aromatic rings. The van der Waals surface area contributed by atoms with Gasteiger partial charge in [-0.25, -0.2) is 0 Å². The number of rotatable bonds is 8. The number of likely N-dealkylation sites (tertiary alicyclic amines) is 1. The van der Waals surface area contributed by atoms with E-state index in [0.29, 0.717) is 24.3 Å². The molecule has 2 atom stereocenters. The van der Waals surface area contributed by atoms with Crippen molar-refractivity contribution in [2.45, 2.75) is 76.5 Å². The lowest BCUT2D eigenvalue weighted by Crippen LogP contribution is -2.36. The summed E-state index contributed by atoms with van der Waals surface area (Å²) in [5.74, 6) is 1.66. The van der Waals surface area contributed by atoms with E-state index in [4.69, 9.17) is 4.74 Å². The summed E-state index contributed by atoms with van der Waals surface area (Å²) in [6, 6.07) is 16.9. The van der Waals surface area contributed by atoms with Gasteiger partial charge in [0, 0.05) is 49.2 Å². The molecule has 6 rings (SSSR count). The molecule has 2 saturated carbocycles. The summed E-state index contributed by atoms with van der Waals surface area (Å²) >= 11 is 0. The summed E-state index contributed by atoms with van der Waals surface area (Å²) in [5.41, 5.74) is 3.94. The van der Waals surface area contributed by atoms with Gasteiger partial charge in [-0.15, -0.1) is 0 Å². The lowest BCUT2D eigenvalue weighted by Gasteiger charge is -2.29. The van der Waals surface area contributed by atoms with E-state index in [1.165, 1.54) is 83.1 Å². The molecule has 2 saturated heterocycles. The Bertz CT molecular complexity index is 1010. The average molecular weight is 488 g/mol. The minimum Gasteiger partial charge on any atom is -0.374 e. The van der Waals surface area contributed by atoms with Crippen molar-refractivity contribution in [3.63, 3.8) is 0 Å². The van der Waals surface area contributed by atoms with Crippen molar-refractivity contribution in [3.8, 4) is 0 Å². The molecule has 4 aliphatic rings. The lowest BCUT2D eigenvalue weighted by molar-refractivity contribution is -0.00866. The number of fused-ring (bicyclic) bond motifs is 1. The second-order valence-corrected chi connectivity index (χ2v) is 11.6. The van der Waals surface area contributed by atoms with Gasteiger partial charge in [0.15, 0.2) is 0 Å². The highest BCUT2D eigenvalue weighted by Crippen LogP contribution is 2.36. The van der Waals surface area contributed by atoms with Gasteiger partial charge in [-0.2, -0.15) is 0 Å². The summed E-state index contributed by atoms with van der Waals surface area (Å²) in [6.07, 6.45) is 12.5. The maximum atomic E-state index is 12.8. The third kappa shape index (κ3) is 5.47. The summed E-state index contributed by atoms with van der Waals surface area (Å²) in [5, 5.41) is 3.07. The standard InChI is InChI=1S/C31H41N3O2/c35-31(25-11-9-24(10-12-25)22-36-29-7-4-8-29)32-27-13-15-28(16-14-27)34-18-17-26-20-33(21-30(26)34)19-23-5-2-1-3-6-23/h9-16,23,26,29-30H,1-8,17-22H2,(H,32,35)/t26-,30+/m1/s1. The Labute approximate surface area is 216 Å². The van der Waals surface area contributed by atoms with Gasteiger partial charge in [-0.05, 0) is 92.3 Å². The number of nitrogens with one attached hydrogen (secondary N) is 1. The molecule has 2 aliphatic carbocycles. The predicted octanol–water partition coefficient (Wildman–Crippen LogP) is 6.10. The van der Waals surface area contributed by atoms with Gasteiger partial charge in [0.25, 0.3) is 5.91 Å². The van der Waals surface area contributed by atoms with Crippen molar-refractivity contribution in [3.05, 3.63) is 59.7 Å². The van der Waals surface area contributed by atoms with Gasteiger partial charge in [0.05, 0.1) is 12.7 Å². The molecule has 36 heavy (non-hydrogen) atoms. The fourth-order valence-corrected chi connectivity index (χ4v) is 6.70. The van der Waals surface area contributed by atoms with Crippen molar-refractivity contribution < 1.29 is 9.53 Å². The molecule has 5 nitrogen and oxygen atoms in total. The highest BCUT2D eigenvalue weighted by atomic mass is 16.5. The van der Waals surface area contributed by atoms with Crippen LogP contribution >= 0.6 is 0 Å². The van der Waals surface area contributed by atoms with Gasteiger partial charge in [-0.1, -0.05) is 31.4 Å². The first kappa shape index (κ1) is 24.0. The monoisotopic (exact) mass is 487 g/mol. The average Bonchev–Trinajstić information content (AvgIpc) is 3.45. The van der Waals surface area contributed by atoms with Crippen LogP contribution in [-0.2, 0) is 11.3 Å². The van der Waals surface area contributed by atoms with E-state index in [-0.39, 0.29) is 5.91 Å². The molecule has 1 amide bonds. The van der Waals surface area contributed by atoms with E-state index in [2.05, 4.69) is 39.4 Å². The zero-order valence-electron chi connectivity index (χ0n) is 21.5. The Balaban J connectivity index is 1.01. The predicted molar refractivity (Wildman–Crippen MR) is 146 cm³/mol. The number of anilines is 2. The van der Waals surface area contributed by atoms with E-state index in [1.807, 2.05) is 24.3 Å². The molecule has 192 valence electrons. The number of hydrogen-bond donors (Lipinski definition) is 1. The Morgan fingerprint density at radius 2 is 1.64 bits per heavy atom. The normalized spacial score (nSPS) is 25.1. The molecule has 2 heterocycles. The Kier molecular flexibility index (Phi) is 7.29. The largest absolute Gasteiger partial charge is 0.374 e. The quantitative estimate of drug-likeness (QED) is 0.489. The number of carbonyl (C=O) groups excluding carboxylic acids is 1. The smallest absolute Gasteiger partial charge is 0.255 e. The fraction of sp³-hybridized carbons (Fsp3) is 0.581. The van der Waals surface area contributed by atoms with Crippen LogP contribution in [0.1, 0.15) is 73.7 Å². The van der Waals surface area contributed by atoms with Crippen molar-refractivity contribution >= 4 is 17.3 Å². The number of amides is 1. The minimum absolute atomic E-state index is 0.0652. The van der Waals surface area contributed by atoms with Crippen LogP contribution in [-0.4, -0.2) is 49.1 Å². The molecule has 0 aromatic heterocycles. The summed E-state index contributed by atoms with van der Waals surface area (Å²) < 4.78 is 5.87. The first-order valence-electron chi connectivity index (χ1n) is 14.3. The summed E-state index contributed by atoms with van der Waals surface area (Å²) in [4.78, 5) is 18.1.